The first-order valence-electron chi connectivity index (χ1n) is 6.97. The van der Waals surface area contributed by atoms with E-state index < -0.39 is 11.6 Å². The first kappa shape index (κ1) is 14.3. The minimum Gasteiger partial charge on any atom is -0.481 e. The van der Waals surface area contributed by atoms with Crippen LogP contribution in [0.25, 0.3) is 0 Å². The van der Waals surface area contributed by atoms with Crippen molar-refractivity contribution in [3.63, 3.8) is 0 Å². The molecule has 4 atom stereocenters. The van der Waals surface area contributed by atoms with Gasteiger partial charge in [-0.15, -0.1) is 0 Å². The summed E-state index contributed by atoms with van der Waals surface area (Å²) in [5.41, 5.74) is 0.951. The summed E-state index contributed by atoms with van der Waals surface area (Å²) < 4.78 is 0. The standard InChI is InChI=1S/C16H24O3/c1-10(2)16(19)6-5-15(4)8-12(14(17)18)7-11(3)13(15)9-16/h12-13,19H,1,3,5-9H2,2,4H3,(H,17,18)/t12?,13-,15-,16-/m0/s1. The van der Waals surface area contributed by atoms with E-state index in [0.717, 1.165) is 17.6 Å². The predicted molar refractivity (Wildman–Crippen MR) is 74.7 cm³/mol. The zero-order chi connectivity index (χ0) is 14.4. The molecule has 2 saturated carbocycles. The van der Waals surface area contributed by atoms with Gasteiger partial charge in [0.1, 0.15) is 0 Å². The Bertz CT molecular complexity index is 439. The number of fused-ring (bicyclic) bond motifs is 1. The third kappa shape index (κ3) is 2.36. The molecule has 2 N–H and O–H groups in total. The summed E-state index contributed by atoms with van der Waals surface area (Å²) >= 11 is 0. The maximum absolute atomic E-state index is 11.2. The van der Waals surface area contributed by atoms with Gasteiger partial charge in [0.25, 0.3) is 0 Å². The molecule has 2 fully saturated rings. The second-order valence-corrected chi connectivity index (χ2v) is 6.82. The zero-order valence-corrected chi connectivity index (χ0v) is 11.9. The topological polar surface area (TPSA) is 57.5 Å². The number of rotatable bonds is 2. The van der Waals surface area contributed by atoms with Gasteiger partial charge in [-0.1, -0.05) is 25.7 Å². The monoisotopic (exact) mass is 264 g/mol. The molecule has 0 aliphatic heterocycles. The molecule has 19 heavy (non-hydrogen) atoms. The minimum absolute atomic E-state index is 0.0416. The van der Waals surface area contributed by atoms with E-state index in [1.165, 1.54) is 0 Å². The molecule has 0 amide bonds. The lowest BCUT2D eigenvalue weighted by Gasteiger charge is -2.53. The van der Waals surface area contributed by atoms with E-state index in [0.29, 0.717) is 25.7 Å². The highest BCUT2D eigenvalue weighted by Crippen LogP contribution is 2.56. The van der Waals surface area contributed by atoms with Gasteiger partial charge in [0.2, 0.25) is 0 Å². The summed E-state index contributed by atoms with van der Waals surface area (Å²) in [7, 11) is 0. The lowest BCUT2D eigenvalue weighted by atomic mass is 9.53. The summed E-state index contributed by atoms with van der Waals surface area (Å²) in [6.45, 7) is 12.0. The first-order chi connectivity index (χ1) is 8.68. The highest BCUT2D eigenvalue weighted by atomic mass is 16.4. The van der Waals surface area contributed by atoms with E-state index in [2.05, 4.69) is 20.1 Å². The molecule has 106 valence electrons. The van der Waals surface area contributed by atoms with E-state index in [9.17, 15) is 15.0 Å². The lowest BCUT2D eigenvalue weighted by molar-refractivity contribution is -0.145. The van der Waals surface area contributed by atoms with E-state index >= 15 is 0 Å². The third-order valence-corrected chi connectivity index (χ3v) is 5.35. The molecule has 0 aromatic rings. The second kappa shape index (κ2) is 4.48. The molecule has 1 unspecified atom stereocenters. The van der Waals surface area contributed by atoms with Gasteiger partial charge < -0.3 is 10.2 Å². The van der Waals surface area contributed by atoms with Crippen LogP contribution >= 0.6 is 0 Å². The van der Waals surface area contributed by atoms with Crippen molar-refractivity contribution in [3.8, 4) is 0 Å². The van der Waals surface area contributed by atoms with Gasteiger partial charge in [0.05, 0.1) is 11.5 Å². The van der Waals surface area contributed by atoms with Crippen molar-refractivity contribution in [1.29, 1.82) is 0 Å². The molecular weight excluding hydrogens is 240 g/mol. The van der Waals surface area contributed by atoms with Gasteiger partial charge in [-0.25, -0.2) is 0 Å². The van der Waals surface area contributed by atoms with Crippen LogP contribution < -0.4 is 0 Å². The number of aliphatic carboxylic acids is 1. The smallest absolute Gasteiger partial charge is 0.306 e. The zero-order valence-electron chi connectivity index (χ0n) is 11.9. The Kier molecular flexibility index (Phi) is 3.38. The Morgan fingerprint density at radius 1 is 1.37 bits per heavy atom. The number of hydrogen-bond donors (Lipinski definition) is 2. The summed E-state index contributed by atoms with van der Waals surface area (Å²) in [5, 5.41) is 19.9. The van der Waals surface area contributed by atoms with Crippen molar-refractivity contribution in [1.82, 2.24) is 0 Å². The molecule has 3 heteroatoms. The quantitative estimate of drug-likeness (QED) is 0.753. The van der Waals surface area contributed by atoms with Gasteiger partial charge in [-0.2, -0.15) is 0 Å². The number of aliphatic hydroxyl groups is 1. The average molecular weight is 264 g/mol. The molecule has 2 aliphatic rings. The van der Waals surface area contributed by atoms with Gasteiger partial charge in [-0.05, 0) is 55.9 Å². The van der Waals surface area contributed by atoms with Gasteiger partial charge in [-0.3, -0.25) is 4.79 Å². The average Bonchev–Trinajstić information content (AvgIpc) is 2.30. The van der Waals surface area contributed by atoms with Crippen molar-refractivity contribution in [3.05, 3.63) is 24.3 Å². The van der Waals surface area contributed by atoms with Crippen molar-refractivity contribution in [2.24, 2.45) is 17.3 Å². The van der Waals surface area contributed by atoms with E-state index in [-0.39, 0.29) is 17.3 Å². The molecule has 0 aromatic carbocycles. The third-order valence-electron chi connectivity index (χ3n) is 5.35. The maximum Gasteiger partial charge on any atom is 0.306 e. The fourth-order valence-electron chi connectivity index (χ4n) is 3.89. The molecular formula is C16H24O3. The van der Waals surface area contributed by atoms with Crippen LogP contribution in [-0.2, 0) is 4.79 Å². The Morgan fingerprint density at radius 3 is 2.53 bits per heavy atom. The Morgan fingerprint density at radius 2 is 2.00 bits per heavy atom. The highest BCUT2D eigenvalue weighted by molar-refractivity contribution is 5.70. The van der Waals surface area contributed by atoms with Crippen molar-refractivity contribution in [2.45, 2.75) is 51.6 Å². The second-order valence-electron chi connectivity index (χ2n) is 6.82. The van der Waals surface area contributed by atoms with Crippen LogP contribution in [0.2, 0.25) is 0 Å². The van der Waals surface area contributed by atoms with Crippen LogP contribution in [0.15, 0.2) is 24.3 Å². The fourth-order valence-corrected chi connectivity index (χ4v) is 3.89. The molecule has 3 nitrogen and oxygen atoms in total. The highest BCUT2D eigenvalue weighted by Gasteiger charge is 2.51. The molecule has 0 aromatic heterocycles. The van der Waals surface area contributed by atoms with E-state index in [1.54, 1.807) is 0 Å². The Hall–Kier alpha value is -1.09. The van der Waals surface area contributed by atoms with Crippen molar-refractivity contribution < 1.29 is 15.0 Å². The summed E-state index contributed by atoms with van der Waals surface area (Å²) in [6, 6.07) is 0. The summed E-state index contributed by atoms with van der Waals surface area (Å²) in [5.74, 6) is -0.829. The molecule has 0 heterocycles. The lowest BCUT2D eigenvalue weighted by Crippen LogP contribution is -2.49. The summed E-state index contributed by atoms with van der Waals surface area (Å²) in [6.07, 6.45) is 3.39. The molecule has 2 aliphatic carbocycles. The van der Waals surface area contributed by atoms with Gasteiger partial charge in [0, 0.05) is 0 Å². The van der Waals surface area contributed by atoms with Crippen LogP contribution in [0.5, 0.6) is 0 Å². The number of allylic oxidation sites excluding steroid dienone is 1. The minimum atomic E-state index is -0.802. The Balaban J connectivity index is 2.25. The van der Waals surface area contributed by atoms with E-state index in [4.69, 9.17) is 0 Å². The van der Waals surface area contributed by atoms with Crippen LogP contribution in [0.4, 0.5) is 0 Å². The number of carboxylic acids is 1. The molecule has 0 radical (unpaired) electrons. The van der Waals surface area contributed by atoms with Gasteiger partial charge in [0.15, 0.2) is 0 Å². The molecule has 0 spiro atoms. The van der Waals surface area contributed by atoms with Crippen LogP contribution in [0, 0.1) is 17.3 Å². The van der Waals surface area contributed by atoms with E-state index in [1.807, 2.05) is 6.92 Å². The molecule has 2 rings (SSSR count). The molecule has 0 bridgehead atoms. The van der Waals surface area contributed by atoms with Crippen molar-refractivity contribution in [2.75, 3.05) is 0 Å². The van der Waals surface area contributed by atoms with Crippen molar-refractivity contribution >= 4 is 5.97 Å². The molecule has 0 saturated heterocycles. The largest absolute Gasteiger partial charge is 0.481 e. The van der Waals surface area contributed by atoms with Crippen LogP contribution in [-0.4, -0.2) is 21.8 Å². The predicted octanol–water partition coefficient (Wildman–Crippen LogP) is 3.15. The fraction of sp³-hybridized carbons (Fsp3) is 0.688. The SMILES string of the molecule is C=C1CC(C(=O)O)C[C@]2(C)CC[C@@](O)(C(=C)C)C[C@@H]12. The number of carbonyl (C=O) groups is 1. The van der Waals surface area contributed by atoms with Crippen LogP contribution in [0.3, 0.4) is 0 Å². The van der Waals surface area contributed by atoms with Crippen LogP contribution in [0.1, 0.15) is 46.0 Å². The first-order valence-corrected chi connectivity index (χ1v) is 6.97. The normalized spacial score (nSPS) is 42.6. The summed E-state index contributed by atoms with van der Waals surface area (Å²) in [4.78, 5) is 11.2. The number of hydrogen-bond acceptors (Lipinski definition) is 2. The van der Waals surface area contributed by atoms with Gasteiger partial charge >= 0.3 is 5.97 Å². The maximum atomic E-state index is 11.2. The number of carboxylic acid groups (broad SMARTS) is 1. The Labute approximate surface area is 115 Å².